The lowest BCUT2D eigenvalue weighted by atomic mass is 9.96. The summed E-state index contributed by atoms with van der Waals surface area (Å²) in [6.07, 6.45) is 1.68. The Bertz CT molecular complexity index is 982. The van der Waals surface area contributed by atoms with Crippen molar-refractivity contribution in [2.24, 2.45) is 11.7 Å². The number of thiazole rings is 1. The molecule has 3 aromatic rings. The number of hydrogen-bond donors (Lipinski definition) is 2. The van der Waals surface area contributed by atoms with Gasteiger partial charge in [-0.1, -0.05) is 23.5 Å². The monoisotopic (exact) mass is 435 g/mol. The van der Waals surface area contributed by atoms with Crippen LogP contribution in [0.5, 0.6) is 0 Å². The topological polar surface area (TPSA) is 67.1 Å². The van der Waals surface area contributed by atoms with E-state index in [4.69, 9.17) is 5.73 Å². The Morgan fingerprint density at radius 3 is 2.73 bits per heavy atom. The first kappa shape index (κ1) is 21.0. The van der Waals surface area contributed by atoms with Crippen molar-refractivity contribution in [3.8, 4) is 10.4 Å². The Balaban J connectivity index is 1.28. The molecule has 3 N–H and O–H groups in total. The van der Waals surface area contributed by atoms with Crippen molar-refractivity contribution in [2.75, 3.05) is 31.5 Å². The molecule has 1 aromatic carbocycles. The van der Waals surface area contributed by atoms with Crippen LogP contribution < -0.4 is 11.1 Å². The van der Waals surface area contributed by atoms with Gasteiger partial charge in [0.2, 0.25) is 0 Å². The predicted octanol–water partition coefficient (Wildman–Crippen LogP) is 4.37. The Kier molecular flexibility index (Phi) is 6.21. The molecule has 9 heteroatoms. The molecule has 1 aliphatic heterocycles. The highest BCUT2D eigenvalue weighted by atomic mass is 32.1. The number of halogens is 3. The van der Waals surface area contributed by atoms with Crippen LogP contribution in [0.25, 0.3) is 21.2 Å². The van der Waals surface area contributed by atoms with Crippen molar-refractivity contribution in [2.45, 2.75) is 25.1 Å². The second kappa shape index (κ2) is 8.87. The number of alkyl halides is 3. The van der Waals surface area contributed by atoms with Gasteiger partial charge in [0.1, 0.15) is 0 Å². The van der Waals surface area contributed by atoms with Gasteiger partial charge in [0.25, 0.3) is 0 Å². The number of aromatic nitrogens is 2. The summed E-state index contributed by atoms with van der Waals surface area (Å²) in [5.41, 5.74) is 7.29. The van der Waals surface area contributed by atoms with Gasteiger partial charge in [-0.15, -0.1) is 0 Å². The maximum atomic E-state index is 12.8. The van der Waals surface area contributed by atoms with E-state index in [0.717, 1.165) is 26.3 Å². The first-order valence-electron chi connectivity index (χ1n) is 9.97. The number of hydrogen-bond acceptors (Lipinski definition) is 6. The zero-order valence-corrected chi connectivity index (χ0v) is 17.2. The molecule has 4 rings (SSSR count). The number of rotatable bonds is 6. The van der Waals surface area contributed by atoms with Crippen molar-refractivity contribution in [3.05, 3.63) is 42.9 Å². The van der Waals surface area contributed by atoms with Crippen LogP contribution in [0.3, 0.4) is 0 Å². The summed E-state index contributed by atoms with van der Waals surface area (Å²) in [7, 11) is 0. The molecule has 0 radical (unpaired) electrons. The number of nitrogens with one attached hydrogen (secondary N) is 1. The molecule has 2 aromatic heterocycles. The summed E-state index contributed by atoms with van der Waals surface area (Å²) in [6, 6.07) is 8.02. The van der Waals surface area contributed by atoms with Crippen LogP contribution >= 0.6 is 11.3 Å². The Labute approximate surface area is 177 Å². The minimum atomic E-state index is -4.08. The van der Waals surface area contributed by atoms with Gasteiger partial charge in [-0.25, -0.2) is 4.98 Å². The Hall–Kier alpha value is -2.23. The number of fused-ring (bicyclic) bond motifs is 1. The highest BCUT2D eigenvalue weighted by Crippen LogP contribution is 2.34. The lowest BCUT2D eigenvalue weighted by Crippen LogP contribution is -2.46. The van der Waals surface area contributed by atoms with E-state index in [1.54, 1.807) is 17.5 Å². The second-order valence-corrected chi connectivity index (χ2v) is 8.76. The first-order valence-corrected chi connectivity index (χ1v) is 10.8. The average Bonchev–Trinajstić information content (AvgIpc) is 3.21. The van der Waals surface area contributed by atoms with Crippen LogP contribution in [0.15, 0.2) is 42.9 Å². The maximum Gasteiger partial charge on any atom is 0.391 e. The Morgan fingerprint density at radius 1 is 1.17 bits per heavy atom. The summed E-state index contributed by atoms with van der Waals surface area (Å²) in [5.74, 6) is -1.18. The number of pyridine rings is 1. The van der Waals surface area contributed by atoms with Crippen LogP contribution in [0, 0.1) is 5.92 Å². The molecule has 0 amide bonds. The number of anilines is 1. The van der Waals surface area contributed by atoms with E-state index in [1.165, 1.54) is 0 Å². The van der Waals surface area contributed by atoms with Gasteiger partial charge in [0.05, 0.1) is 10.8 Å². The van der Waals surface area contributed by atoms with E-state index in [-0.39, 0.29) is 18.9 Å². The number of likely N-dealkylation sites (tertiary alicyclic amines) is 1. The molecule has 0 bridgehead atoms. The summed E-state index contributed by atoms with van der Waals surface area (Å²) < 4.78 is 38.3. The molecule has 0 unspecified atom stereocenters. The van der Waals surface area contributed by atoms with Gasteiger partial charge in [-0.2, -0.15) is 13.2 Å². The number of nitrogens with two attached hydrogens (primary N) is 1. The van der Waals surface area contributed by atoms with E-state index < -0.39 is 12.1 Å². The number of nitrogens with zero attached hydrogens (tertiary/aromatic N) is 3. The van der Waals surface area contributed by atoms with Crippen molar-refractivity contribution < 1.29 is 13.2 Å². The van der Waals surface area contributed by atoms with Crippen molar-refractivity contribution in [1.82, 2.24) is 14.9 Å². The summed E-state index contributed by atoms with van der Waals surface area (Å²) in [4.78, 5) is 11.6. The van der Waals surface area contributed by atoms with Crippen molar-refractivity contribution in [3.63, 3.8) is 0 Å². The maximum absolute atomic E-state index is 12.8. The quantitative estimate of drug-likeness (QED) is 0.602. The minimum absolute atomic E-state index is 0.154. The molecule has 1 atom stereocenters. The first-order chi connectivity index (χ1) is 14.4. The second-order valence-electron chi connectivity index (χ2n) is 7.72. The zero-order valence-electron chi connectivity index (χ0n) is 16.4. The Morgan fingerprint density at radius 2 is 1.97 bits per heavy atom. The SMILES string of the molecule is N[C@H](CNc1ncc(-c2ccc3cnccc3c2)s1)CN1CCC(C(F)(F)F)CC1. The molecule has 5 nitrogen and oxygen atoms in total. The van der Waals surface area contributed by atoms with Gasteiger partial charge in [-0.3, -0.25) is 4.98 Å². The molecular formula is C21H24F3N5S. The summed E-state index contributed by atoms with van der Waals surface area (Å²) >= 11 is 1.55. The largest absolute Gasteiger partial charge is 0.391 e. The molecule has 160 valence electrons. The third-order valence-corrected chi connectivity index (χ3v) is 6.49. The van der Waals surface area contributed by atoms with Gasteiger partial charge in [0, 0.05) is 43.1 Å². The van der Waals surface area contributed by atoms with E-state index in [1.807, 2.05) is 29.4 Å². The summed E-state index contributed by atoms with van der Waals surface area (Å²) in [5, 5.41) is 6.26. The molecular weight excluding hydrogens is 411 g/mol. The number of benzene rings is 1. The standard InChI is InChI=1S/C21H24F3N5S/c22-21(23,24)17-4-7-29(8-5-17)13-18(25)11-27-20-28-12-19(30-20)15-1-2-16-10-26-6-3-14(16)9-15/h1-3,6,9-10,12,17-18H,4-5,7-8,11,13,25H2,(H,27,28)/t18-/m1/s1. The lowest BCUT2D eigenvalue weighted by Gasteiger charge is -2.34. The smallest absolute Gasteiger partial charge is 0.360 e. The fraction of sp³-hybridized carbons (Fsp3) is 0.429. The number of piperidine rings is 1. The highest BCUT2D eigenvalue weighted by Gasteiger charge is 2.41. The molecule has 0 saturated carbocycles. The van der Waals surface area contributed by atoms with Crippen LogP contribution in [-0.4, -0.2) is 53.3 Å². The average molecular weight is 436 g/mol. The molecule has 1 aliphatic rings. The molecule has 0 spiro atoms. The van der Waals surface area contributed by atoms with E-state index >= 15 is 0 Å². The molecule has 0 aliphatic carbocycles. The van der Waals surface area contributed by atoms with Crippen molar-refractivity contribution >= 4 is 27.2 Å². The molecule has 1 fully saturated rings. The van der Waals surface area contributed by atoms with Crippen LogP contribution in [0.4, 0.5) is 18.3 Å². The van der Waals surface area contributed by atoms with Crippen LogP contribution in [0.1, 0.15) is 12.8 Å². The fourth-order valence-corrected chi connectivity index (χ4v) is 4.60. The highest BCUT2D eigenvalue weighted by molar-refractivity contribution is 7.18. The minimum Gasteiger partial charge on any atom is -0.360 e. The van der Waals surface area contributed by atoms with E-state index in [9.17, 15) is 13.2 Å². The van der Waals surface area contributed by atoms with Crippen LogP contribution in [0.2, 0.25) is 0 Å². The third kappa shape index (κ3) is 5.08. The molecule has 3 heterocycles. The van der Waals surface area contributed by atoms with Crippen LogP contribution in [-0.2, 0) is 0 Å². The van der Waals surface area contributed by atoms with Gasteiger partial charge >= 0.3 is 6.18 Å². The zero-order chi connectivity index (χ0) is 21.1. The molecule has 1 saturated heterocycles. The van der Waals surface area contributed by atoms with Gasteiger partial charge in [0.15, 0.2) is 5.13 Å². The predicted molar refractivity (Wildman–Crippen MR) is 115 cm³/mol. The fourth-order valence-electron chi connectivity index (χ4n) is 3.78. The normalized spacial score (nSPS) is 17.3. The van der Waals surface area contributed by atoms with Gasteiger partial charge in [-0.05, 0) is 49.0 Å². The summed E-state index contributed by atoms with van der Waals surface area (Å²) in [6.45, 7) is 1.98. The van der Waals surface area contributed by atoms with E-state index in [2.05, 4.69) is 27.4 Å². The molecule has 30 heavy (non-hydrogen) atoms. The van der Waals surface area contributed by atoms with Crippen molar-refractivity contribution in [1.29, 1.82) is 0 Å². The third-order valence-electron chi connectivity index (χ3n) is 5.49. The van der Waals surface area contributed by atoms with E-state index in [0.29, 0.717) is 26.2 Å². The van der Waals surface area contributed by atoms with Gasteiger partial charge < -0.3 is 16.0 Å². The lowest BCUT2D eigenvalue weighted by molar-refractivity contribution is -0.185.